The molecule has 1 atom stereocenters. The SMILES string of the molecule is CCCCC1CCC(C(=O)NC(CC)CC(=O)O)CC1. The Bertz CT molecular complexity index is 309. The Morgan fingerprint density at radius 3 is 2.35 bits per heavy atom. The molecule has 4 heteroatoms. The highest BCUT2D eigenvalue weighted by molar-refractivity contribution is 5.79. The fourth-order valence-electron chi connectivity index (χ4n) is 3.03. The summed E-state index contributed by atoms with van der Waals surface area (Å²) in [6, 6.07) is -0.224. The highest BCUT2D eigenvalue weighted by atomic mass is 16.4. The molecule has 0 spiro atoms. The third-order valence-electron chi connectivity index (χ3n) is 4.44. The zero-order chi connectivity index (χ0) is 15.0. The van der Waals surface area contributed by atoms with Crippen molar-refractivity contribution in [2.45, 2.75) is 77.7 Å². The second kappa shape index (κ2) is 8.98. The predicted molar refractivity (Wildman–Crippen MR) is 79.4 cm³/mol. The predicted octanol–water partition coefficient (Wildman–Crippen LogP) is 3.35. The van der Waals surface area contributed by atoms with Crippen molar-refractivity contribution >= 4 is 11.9 Å². The quantitative estimate of drug-likeness (QED) is 0.718. The summed E-state index contributed by atoms with van der Waals surface area (Å²) < 4.78 is 0. The molecule has 1 rings (SSSR count). The lowest BCUT2D eigenvalue weighted by Gasteiger charge is -2.29. The summed E-state index contributed by atoms with van der Waals surface area (Å²) in [4.78, 5) is 22.9. The van der Waals surface area contributed by atoms with E-state index in [4.69, 9.17) is 5.11 Å². The molecule has 1 amide bonds. The zero-order valence-corrected chi connectivity index (χ0v) is 12.9. The largest absolute Gasteiger partial charge is 0.481 e. The van der Waals surface area contributed by atoms with Crippen molar-refractivity contribution in [3.05, 3.63) is 0 Å². The van der Waals surface area contributed by atoms with Gasteiger partial charge in [-0.2, -0.15) is 0 Å². The minimum absolute atomic E-state index is 0.0219. The molecule has 2 N–H and O–H groups in total. The lowest BCUT2D eigenvalue weighted by atomic mass is 9.79. The number of hydrogen-bond acceptors (Lipinski definition) is 2. The van der Waals surface area contributed by atoms with Gasteiger partial charge in [0, 0.05) is 12.0 Å². The van der Waals surface area contributed by atoms with Crippen LogP contribution in [0.4, 0.5) is 0 Å². The van der Waals surface area contributed by atoms with Gasteiger partial charge in [0.15, 0.2) is 0 Å². The van der Waals surface area contributed by atoms with Crippen LogP contribution >= 0.6 is 0 Å². The Balaban J connectivity index is 2.32. The second-order valence-electron chi connectivity index (χ2n) is 6.07. The van der Waals surface area contributed by atoms with Crippen molar-refractivity contribution < 1.29 is 14.7 Å². The van der Waals surface area contributed by atoms with Gasteiger partial charge in [0.1, 0.15) is 0 Å². The second-order valence-corrected chi connectivity index (χ2v) is 6.07. The number of amides is 1. The monoisotopic (exact) mass is 283 g/mol. The Kier molecular flexibility index (Phi) is 7.63. The van der Waals surface area contributed by atoms with Gasteiger partial charge in [0.05, 0.1) is 6.42 Å². The van der Waals surface area contributed by atoms with Crippen LogP contribution in [-0.4, -0.2) is 23.0 Å². The molecule has 116 valence electrons. The number of unbranched alkanes of at least 4 members (excludes halogenated alkanes) is 1. The molecule has 0 saturated heterocycles. The number of carboxylic acids is 1. The molecule has 0 aromatic heterocycles. The van der Waals surface area contributed by atoms with E-state index in [1.54, 1.807) is 0 Å². The Morgan fingerprint density at radius 1 is 1.20 bits per heavy atom. The number of hydrogen-bond donors (Lipinski definition) is 2. The summed E-state index contributed by atoms with van der Waals surface area (Å²) in [6.45, 7) is 4.13. The molecule has 0 radical (unpaired) electrons. The Labute approximate surface area is 122 Å². The summed E-state index contributed by atoms with van der Waals surface area (Å²) in [6.07, 6.45) is 8.74. The topological polar surface area (TPSA) is 66.4 Å². The molecule has 0 aromatic carbocycles. The fourth-order valence-corrected chi connectivity index (χ4v) is 3.03. The van der Waals surface area contributed by atoms with Crippen molar-refractivity contribution in [1.82, 2.24) is 5.32 Å². The number of nitrogens with one attached hydrogen (secondary N) is 1. The van der Waals surface area contributed by atoms with E-state index < -0.39 is 5.97 Å². The molecule has 20 heavy (non-hydrogen) atoms. The molecule has 1 aliphatic carbocycles. The molecule has 4 nitrogen and oxygen atoms in total. The molecule has 1 aliphatic rings. The van der Waals surface area contributed by atoms with E-state index in [0.29, 0.717) is 6.42 Å². The average Bonchev–Trinajstić information content (AvgIpc) is 2.44. The van der Waals surface area contributed by atoms with Crippen LogP contribution in [0.1, 0.15) is 71.6 Å². The van der Waals surface area contributed by atoms with Gasteiger partial charge >= 0.3 is 5.97 Å². The van der Waals surface area contributed by atoms with Crippen molar-refractivity contribution in [2.24, 2.45) is 11.8 Å². The van der Waals surface area contributed by atoms with Crippen LogP contribution in [0.2, 0.25) is 0 Å². The van der Waals surface area contributed by atoms with Crippen molar-refractivity contribution in [3.63, 3.8) is 0 Å². The van der Waals surface area contributed by atoms with Crippen molar-refractivity contribution in [2.75, 3.05) is 0 Å². The molecule has 0 aliphatic heterocycles. The van der Waals surface area contributed by atoms with E-state index in [9.17, 15) is 9.59 Å². The average molecular weight is 283 g/mol. The van der Waals surface area contributed by atoms with Crippen LogP contribution in [0.5, 0.6) is 0 Å². The van der Waals surface area contributed by atoms with Gasteiger partial charge in [-0.3, -0.25) is 9.59 Å². The molecule has 1 unspecified atom stereocenters. The van der Waals surface area contributed by atoms with Crippen LogP contribution < -0.4 is 5.32 Å². The highest BCUT2D eigenvalue weighted by Gasteiger charge is 2.27. The maximum atomic E-state index is 12.2. The molecular weight excluding hydrogens is 254 g/mol. The maximum absolute atomic E-state index is 12.2. The lowest BCUT2D eigenvalue weighted by molar-refractivity contribution is -0.138. The first-order chi connectivity index (χ1) is 9.56. The van der Waals surface area contributed by atoms with Crippen LogP contribution in [0, 0.1) is 11.8 Å². The lowest BCUT2D eigenvalue weighted by Crippen LogP contribution is -2.40. The zero-order valence-electron chi connectivity index (χ0n) is 12.9. The first kappa shape index (κ1) is 17.0. The van der Waals surface area contributed by atoms with Gasteiger partial charge in [-0.05, 0) is 38.0 Å². The normalized spacial score (nSPS) is 24.1. The van der Waals surface area contributed by atoms with Gasteiger partial charge < -0.3 is 10.4 Å². The Morgan fingerprint density at radius 2 is 1.85 bits per heavy atom. The van der Waals surface area contributed by atoms with Gasteiger partial charge in [-0.15, -0.1) is 0 Å². The van der Waals surface area contributed by atoms with Crippen molar-refractivity contribution in [3.8, 4) is 0 Å². The Hall–Kier alpha value is -1.06. The first-order valence-electron chi connectivity index (χ1n) is 8.08. The van der Waals surface area contributed by atoms with E-state index in [-0.39, 0.29) is 24.3 Å². The highest BCUT2D eigenvalue weighted by Crippen LogP contribution is 2.32. The van der Waals surface area contributed by atoms with E-state index in [0.717, 1.165) is 31.6 Å². The fraction of sp³-hybridized carbons (Fsp3) is 0.875. The molecule has 0 bridgehead atoms. The first-order valence-corrected chi connectivity index (χ1v) is 8.08. The van der Waals surface area contributed by atoms with E-state index >= 15 is 0 Å². The molecule has 1 saturated carbocycles. The maximum Gasteiger partial charge on any atom is 0.305 e. The number of carbonyl (C=O) groups is 2. The summed E-state index contributed by atoms with van der Waals surface area (Å²) in [7, 11) is 0. The standard InChI is InChI=1S/C16H29NO3/c1-3-5-6-12-7-9-13(10-8-12)16(20)17-14(4-2)11-15(18)19/h12-14H,3-11H2,1-2H3,(H,17,20)(H,18,19). The van der Waals surface area contributed by atoms with Crippen LogP contribution in [0.15, 0.2) is 0 Å². The molecule has 0 aromatic rings. The number of carbonyl (C=O) groups excluding carboxylic acids is 1. The van der Waals surface area contributed by atoms with Gasteiger partial charge in [-0.25, -0.2) is 0 Å². The third-order valence-corrected chi connectivity index (χ3v) is 4.44. The minimum atomic E-state index is -0.847. The summed E-state index contributed by atoms with van der Waals surface area (Å²) in [5.41, 5.74) is 0. The summed E-state index contributed by atoms with van der Waals surface area (Å²) in [5, 5.41) is 11.7. The molecule has 0 heterocycles. The van der Waals surface area contributed by atoms with Crippen LogP contribution in [0.3, 0.4) is 0 Å². The van der Waals surface area contributed by atoms with E-state index in [1.165, 1.54) is 19.3 Å². The van der Waals surface area contributed by atoms with Gasteiger partial charge in [-0.1, -0.05) is 33.1 Å². The number of aliphatic carboxylic acids is 1. The number of rotatable bonds is 8. The summed E-state index contributed by atoms with van der Waals surface area (Å²) in [5.74, 6) is 0.100. The van der Waals surface area contributed by atoms with E-state index in [1.807, 2.05) is 6.92 Å². The van der Waals surface area contributed by atoms with Gasteiger partial charge in [0.2, 0.25) is 5.91 Å². The summed E-state index contributed by atoms with van der Waals surface area (Å²) >= 11 is 0. The van der Waals surface area contributed by atoms with E-state index in [2.05, 4.69) is 12.2 Å². The van der Waals surface area contributed by atoms with Crippen LogP contribution in [0.25, 0.3) is 0 Å². The van der Waals surface area contributed by atoms with Gasteiger partial charge in [0.25, 0.3) is 0 Å². The molecule has 1 fully saturated rings. The van der Waals surface area contributed by atoms with Crippen LogP contribution in [-0.2, 0) is 9.59 Å². The third kappa shape index (κ3) is 5.93. The molecular formula is C16H29NO3. The van der Waals surface area contributed by atoms with Crippen molar-refractivity contribution in [1.29, 1.82) is 0 Å². The minimum Gasteiger partial charge on any atom is -0.481 e. The number of carboxylic acid groups (broad SMARTS) is 1. The smallest absolute Gasteiger partial charge is 0.305 e.